The number of likely N-dealkylation sites (tertiary alicyclic amines) is 1. The molecule has 0 amide bonds. The quantitative estimate of drug-likeness (QED) is 0.686. The van der Waals surface area contributed by atoms with Crippen molar-refractivity contribution < 1.29 is 4.74 Å². The van der Waals surface area contributed by atoms with Crippen molar-refractivity contribution in [3.63, 3.8) is 0 Å². The molecule has 1 heterocycles. The minimum Gasteiger partial charge on any atom is -0.364 e. The number of methoxy groups -OCH3 is 1. The molecule has 82 valence electrons. The average Bonchev–Trinajstić information content (AvgIpc) is 2.58. The van der Waals surface area contributed by atoms with Crippen LogP contribution in [0.25, 0.3) is 0 Å². The van der Waals surface area contributed by atoms with Gasteiger partial charge in [-0.2, -0.15) is 0 Å². The van der Waals surface area contributed by atoms with Crippen LogP contribution in [-0.4, -0.2) is 44.4 Å². The Bertz CT molecular complexity index is 205. The lowest BCUT2D eigenvalue weighted by Crippen LogP contribution is -2.61. The first kappa shape index (κ1) is 10.4. The van der Waals surface area contributed by atoms with Crippen LogP contribution in [0.5, 0.6) is 0 Å². The van der Waals surface area contributed by atoms with Crippen LogP contribution in [0, 0.1) is 5.41 Å². The molecule has 0 aromatic heterocycles. The summed E-state index contributed by atoms with van der Waals surface area (Å²) in [4.78, 5) is 2.55. The van der Waals surface area contributed by atoms with Crippen molar-refractivity contribution in [3.8, 4) is 0 Å². The molecular formula is C11H22N2O. The largest absolute Gasteiger partial charge is 0.364 e. The fourth-order valence-corrected chi connectivity index (χ4v) is 3.17. The normalized spacial score (nSPS) is 43.1. The molecule has 1 N–H and O–H groups in total. The van der Waals surface area contributed by atoms with E-state index in [-0.39, 0.29) is 5.72 Å². The summed E-state index contributed by atoms with van der Waals surface area (Å²) in [7, 11) is 3.82. The Morgan fingerprint density at radius 1 is 1.43 bits per heavy atom. The summed E-state index contributed by atoms with van der Waals surface area (Å²) in [5.41, 5.74) is 0.554. The highest BCUT2D eigenvalue weighted by molar-refractivity contribution is 5.07. The Morgan fingerprint density at radius 3 is 2.57 bits per heavy atom. The SMILES string of the molecule is CCN1CCC2(C1)CC(NC)(OC)C2. The maximum absolute atomic E-state index is 5.55. The van der Waals surface area contributed by atoms with Crippen LogP contribution in [0.4, 0.5) is 0 Å². The summed E-state index contributed by atoms with van der Waals surface area (Å²) in [6, 6.07) is 0. The molecule has 1 aliphatic carbocycles. The third kappa shape index (κ3) is 1.47. The van der Waals surface area contributed by atoms with Gasteiger partial charge in [0.05, 0.1) is 0 Å². The molecule has 2 aliphatic rings. The second kappa shape index (κ2) is 3.47. The van der Waals surface area contributed by atoms with E-state index < -0.39 is 0 Å². The molecule has 2 fully saturated rings. The minimum absolute atomic E-state index is 0.0102. The summed E-state index contributed by atoms with van der Waals surface area (Å²) in [5.74, 6) is 0. The first-order valence-corrected chi connectivity index (χ1v) is 5.64. The van der Waals surface area contributed by atoms with E-state index >= 15 is 0 Å². The number of nitrogens with one attached hydrogen (secondary N) is 1. The molecule has 0 bridgehead atoms. The van der Waals surface area contributed by atoms with E-state index in [4.69, 9.17) is 4.74 Å². The molecule has 0 unspecified atom stereocenters. The van der Waals surface area contributed by atoms with Crippen molar-refractivity contribution in [1.29, 1.82) is 0 Å². The zero-order chi connectivity index (χ0) is 10.2. The second-order valence-electron chi connectivity index (χ2n) is 4.92. The second-order valence-corrected chi connectivity index (χ2v) is 4.92. The third-order valence-corrected chi connectivity index (χ3v) is 4.13. The summed E-state index contributed by atoms with van der Waals surface area (Å²) in [6.45, 7) is 6.00. The fourth-order valence-electron chi connectivity index (χ4n) is 3.17. The zero-order valence-corrected chi connectivity index (χ0v) is 9.60. The average molecular weight is 198 g/mol. The van der Waals surface area contributed by atoms with Gasteiger partial charge in [-0.15, -0.1) is 0 Å². The summed E-state index contributed by atoms with van der Waals surface area (Å²) < 4.78 is 5.55. The molecular weight excluding hydrogens is 176 g/mol. The Hall–Kier alpha value is -0.120. The maximum atomic E-state index is 5.55. The van der Waals surface area contributed by atoms with Gasteiger partial charge in [0.25, 0.3) is 0 Å². The van der Waals surface area contributed by atoms with E-state index in [1.807, 2.05) is 14.2 Å². The molecule has 2 rings (SSSR count). The van der Waals surface area contributed by atoms with Crippen LogP contribution in [0.3, 0.4) is 0 Å². The van der Waals surface area contributed by atoms with E-state index in [0.717, 1.165) is 0 Å². The van der Waals surface area contributed by atoms with E-state index in [2.05, 4.69) is 17.1 Å². The maximum Gasteiger partial charge on any atom is 0.119 e. The van der Waals surface area contributed by atoms with Gasteiger partial charge in [0.1, 0.15) is 5.72 Å². The number of hydrogen-bond donors (Lipinski definition) is 1. The van der Waals surface area contributed by atoms with Crippen LogP contribution >= 0.6 is 0 Å². The molecule has 0 atom stereocenters. The number of nitrogens with zero attached hydrogens (tertiary/aromatic N) is 1. The van der Waals surface area contributed by atoms with Gasteiger partial charge in [-0.25, -0.2) is 0 Å². The lowest BCUT2D eigenvalue weighted by atomic mass is 9.62. The Kier molecular flexibility index (Phi) is 2.58. The van der Waals surface area contributed by atoms with Gasteiger partial charge in [0, 0.05) is 13.7 Å². The smallest absolute Gasteiger partial charge is 0.119 e. The highest BCUT2D eigenvalue weighted by atomic mass is 16.5. The first-order chi connectivity index (χ1) is 6.67. The molecule has 3 heteroatoms. The molecule has 1 saturated heterocycles. The van der Waals surface area contributed by atoms with Crippen molar-refractivity contribution in [2.24, 2.45) is 5.41 Å². The Balaban J connectivity index is 1.92. The zero-order valence-electron chi connectivity index (χ0n) is 9.60. The van der Waals surface area contributed by atoms with Gasteiger partial charge in [0.2, 0.25) is 0 Å². The summed E-state index contributed by atoms with van der Waals surface area (Å²) in [5, 5.41) is 3.31. The van der Waals surface area contributed by atoms with Crippen LogP contribution < -0.4 is 5.32 Å². The highest BCUT2D eigenvalue weighted by Crippen LogP contribution is 2.53. The highest BCUT2D eigenvalue weighted by Gasteiger charge is 2.56. The standard InChI is InChI=1S/C11H22N2O/c1-4-13-6-5-10(9-13)7-11(8-10,12-2)14-3/h12H,4-9H2,1-3H3. The lowest BCUT2D eigenvalue weighted by Gasteiger charge is -2.53. The van der Waals surface area contributed by atoms with Gasteiger partial charge >= 0.3 is 0 Å². The van der Waals surface area contributed by atoms with Crippen LogP contribution in [-0.2, 0) is 4.74 Å². The van der Waals surface area contributed by atoms with Crippen molar-refractivity contribution in [2.45, 2.75) is 31.9 Å². The molecule has 0 aromatic rings. The van der Waals surface area contributed by atoms with Crippen molar-refractivity contribution in [3.05, 3.63) is 0 Å². The minimum atomic E-state index is -0.0102. The van der Waals surface area contributed by atoms with Gasteiger partial charge in [-0.1, -0.05) is 6.92 Å². The lowest BCUT2D eigenvalue weighted by molar-refractivity contribution is -0.164. The van der Waals surface area contributed by atoms with Crippen LogP contribution in [0.1, 0.15) is 26.2 Å². The fraction of sp³-hybridized carbons (Fsp3) is 1.00. The Morgan fingerprint density at radius 2 is 2.14 bits per heavy atom. The monoisotopic (exact) mass is 198 g/mol. The van der Waals surface area contributed by atoms with Crippen LogP contribution in [0.15, 0.2) is 0 Å². The first-order valence-electron chi connectivity index (χ1n) is 5.64. The topological polar surface area (TPSA) is 24.5 Å². The molecule has 0 aromatic carbocycles. The predicted octanol–water partition coefficient (Wildman–Crippen LogP) is 1.05. The van der Waals surface area contributed by atoms with E-state index in [1.54, 1.807) is 0 Å². The summed E-state index contributed by atoms with van der Waals surface area (Å²) in [6.07, 6.45) is 3.72. The van der Waals surface area contributed by atoms with Gasteiger partial charge in [0.15, 0.2) is 0 Å². The molecule has 1 saturated carbocycles. The van der Waals surface area contributed by atoms with E-state index in [9.17, 15) is 0 Å². The van der Waals surface area contributed by atoms with Gasteiger partial charge in [-0.3, -0.25) is 5.32 Å². The number of rotatable bonds is 3. The van der Waals surface area contributed by atoms with Gasteiger partial charge in [-0.05, 0) is 44.8 Å². The molecule has 1 aliphatic heterocycles. The molecule has 1 spiro atoms. The predicted molar refractivity (Wildman–Crippen MR) is 57.2 cm³/mol. The van der Waals surface area contributed by atoms with Crippen LogP contribution in [0.2, 0.25) is 0 Å². The molecule has 0 radical (unpaired) electrons. The summed E-state index contributed by atoms with van der Waals surface area (Å²) >= 11 is 0. The van der Waals surface area contributed by atoms with Crippen molar-refractivity contribution >= 4 is 0 Å². The third-order valence-electron chi connectivity index (χ3n) is 4.13. The van der Waals surface area contributed by atoms with Crippen molar-refractivity contribution in [2.75, 3.05) is 33.8 Å². The molecule has 3 nitrogen and oxygen atoms in total. The van der Waals surface area contributed by atoms with Gasteiger partial charge < -0.3 is 9.64 Å². The van der Waals surface area contributed by atoms with E-state index in [0.29, 0.717) is 5.41 Å². The van der Waals surface area contributed by atoms with Crippen molar-refractivity contribution in [1.82, 2.24) is 10.2 Å². The number of hydrogen-bond acceptors (Lipinski definition) is 3. The van der Waals surface area contributed by atoms with E-state index in [1.165, 1.54) is 38.9 Å². The molecule has 14 heavy (non-hydrogen) atoms. The Labute approximate surface area is 86.8 Å². The number of ether oxygens (including phenoxy) is 1.